The van der Waals surface area contributed by atoms with Crippen LogP contribution < -0.4 is 0 Å². The van der Waals surface area contributed by atoms with Crippen molar-refractivity contribution in [1.82, 2.24) is 4.57 Å². The highest BCUT2D eigenvalue weighted by Crippen LogP contribution is 2.32. The first-order valence-corrected chi connectivity index (χ1v) is 6.70. The van der Waals surface area contributed by atoms with E-state index in [0.717, 1.165) is 21.8 Å². The molecule has 0 fully saturated rings. The predicted octanol–water partition coefficient (Wildman–Crippen LogP) is 5.01. The second-order valence-corrected chi connectivity index (χ2v) is 5.26. The highest BCUT2D eigenvalue weighted by Gasteiger charge is 2.11. The number of hydrogen-bond acceptors (Lipinski definition) is 1. The number of nitrogens with zero attached hydrogens (tertiary/aromatic N) is 2. The molecule has 0 aliphatic rings. The summed E-state index contributed by atoms with van der Waals surface area (Å²) in [6.45, 7) is 0.666. The molecular formula is C15H10Cl2N2. The molecule has 0 unspecified atom stereocenters. The van der Waals surface area contributed by atoms with Gasteiger partial charge in [0.1, 0.15) is 0 Å². The Hall–Kier alpha value is -1.69. The summed E-state index contributed by atoms with van der Waals surface area (Å²) in [4.78, 5) is 0. The average Bonchev–Trinajstić information content (AvgIpc) is 2.69. The lowest BCUT2D eigenvalue weighted by atomic mass is 10.1. The number of aromatic nitrogens is 1. The summed E-state index contributed by atoms with van der Waals surface area (Å²) in [5.41, 5.74) is 2.16. The van der Waals surface area contributed by atoms with E-state index in [0.29, 0.717) is 23.0 Å². The van der Waals surface area contributed by atoms with Crippen molar-refractivity contribution in [3.05, 3.63) is 46.4 Å². The number of hydrogen-bond donors (Lipinski definition) is 0. The van der Waals surface area contributed by atoms with Crippen LogP contribution in [0, 0.1) is 11.3 Å². The molecule has 0 aliphatic heterocycles. The van der Waals surface area contributed by atoms with E-state index in [1.54, 1.807) is 0 Å². The minimum Gasteiger partial charge on any atom is -0.339 e. The first-order valence-electron chi connectivity index (χ1n) is 5.94. The zero-order valence-corrected chi connectivity index (χ0v) is 11.5. The maximum absolute atomic E-state index is 8.79. The molecule has 0 spiro atoms. The van der Waals surface area contributed by atoms with Crippen LogP contribution in [0.2, 0.25) is 10.0 Å². The highest BCUT2D eigenvalue weighted by molar-refractivity contribution is 6.33. The fraction of sp³-hybridized carbons (Fsp3) is 0.133. The monoisotopic (exact) mass is 288 g/mol. The van der Waals surface area contributed by atoms with Crippen molar-refractivity contribution >= 4 is 45.0 Å². The van der Waals surface area contributed by atoms with Crippen molar-refractivity contribution in [3.63, 3.8) is 0 Å². The smallest absolute Gasteiger partial charge is 0.0640 e. The molecule has 0 bridgehead atoms. The van der Waals surface area contributed by atoms with Crippen molar-refractivity contribution in [3.8, 4) is 6.07 Å². The number of benzene rings is 2. The van der Waals surface area contributed by atoms with Crippen molar-refractivity contribution < 1.29 is 0 Å². The van der Waals surface area contributed by atoms with Crippen LogP contribution in [0.5, 0.6) is 0 Å². The van der Waals surface area contributed by atoms with E-state index < -0.39 is 0 Å². The van der Waals surface area contributed by atoms with Crippen LogP contribution in [0.4, 0.5) is 0 Å². The summed E-state index contributed by atoms with van der Waals surface area (Å²) in [7, 11) is 0. The maximum atomic E-state index is 8.79. The van der Waals surface area contributed by atoms with Crippen LogP contribution in [-0.4, -0.2) is 4.57 Å². The normalized spacial score (nSPS) is 11.0. The van der Waals surface area contributed by atoms with E-state index in [9.17, 15) is 0 Å². The molecule has 0 saturated heterocycles. The van der Waals surface area contributed by atoms with Gasteiger partial charge in [-0.1, -0.05) is 23.2 Å². The molecule has 1 aromatic heterocycles. The van der Waals surface area contributed by atoms with Gasteiger partial charge in [-0.3, -0.25) is 0 Å². The van der Waals surface area contributed by atoms with Gasteiger partial charge in [0.25, 0.3) is 0 Å². The third kappa shape index (κ3) is 2.06. The summed E-state index contributed by atoms with van der Waals surface area (Å²) in [6.07, 6.45) is 0.476. The zero-order chi connectivity index (χ0) is 13.4. The third-order valence-corrected chi connectivity index (χ3v) is 3.71. The standard InChI is InChI=1S/C15H10Cl2N2/c16-10-2-4-14-12(8-10)13-9-11(17)3-5-15(13)19(14)7-1-6-18/h2-5,8-9H,1,7H2. The van der Waals surface area contributed by atoms with Gasteiger partial charge in [0, 0.05) is 38.4 Å². The first-order chi connectivity index (χ1) is 9.20. The summed E-state index contributed by atoms with van der Waals surface area (Å²) in [5, 5.41) is 12.3. The van der Waals surface area contributed by atoms with Gasteiger partial charge < -0.3 is 4.57 Å². The van der Waals surface area contributed by atoms with Crippen LogP contribution >= 0.6 is 23.2 Å². The number of fused-ring (bicyclic) bond motifs is 3. The van der Waals surface area contributed by atoms with Gasteiger partial charge in [0.15, 0.2) is 0 Å². The number of halogens is 2. The topological polar surface area (TPSA) is 28.7 Å². The third-order valence-electron chi connectivity index (χ3n) is 3.24. The second kappa shape index (κ2) is 4.77. The largest absolute Gasteiger partial charge is 0.339 e. The van der Waals surface area contributed by atoms with E-state index in [-0.39, 0.29) is 0 Å². The molecule has 19 heavy (non-hydrogen) atoms. The zero-order valence-electron chi connectivity index (χ0n) is 10.0. The predicted molar refractivity (Wildman–Crippen MR) is 79.7 cm³/mol. The van der Waals surface area contributed by atoms with Crippen LogP contribution in [0.1, 0.15) is 6.42 Å². The van der Waals surface area contributed by atoms with Gasteiger partial charge in [-0.25, -0.2) is 0 Å². The molecule has 3 aromatic rings. The van der Waals surface area contributed by atoms with Crippen molar-refractivity contribution in [2.45, 2.75) is 13.0 Å². The van der Waals surface area contributed by atoms with Crippen LogP contribution in [-0.2, 0) is 6.54 Å². The Morgan fingerprint density at radius 2 is 1.47 bits per heavy atom. The second-order valence-electron chi connectivity index (χ2n) is 4.38. The van der Waals surface area contributed by atoms with E-state index in [1.807, 2.05) is 36.4 Å². The Morgan fingerprint density at radius 3 is 1.95 bits per heavy atom. The molecule has 3 rings (SSSR count). The van der Waals surface area contributed by atoms with E-state index in [2.05, 4.69) is 10.6 Å². The van der Waals surface area contributed by atoms with Gasteiger partial charge in [0.05, 0.1) is 12.5 Å². The quantitative estimate of drug-likeness (QED) is 0.651. The van der Waals surface area contributed by atoms with E-state index in [1.165, 1.54) is 0 Å². The summed E-state index contributed by atoms with van der Waals surface area (Å²) < 4.78 is 2.14. The Bertz CT molecular complexity index is 753. The lowest BCUT2D eigenvalue weighted by molar-refractivity contribution is 0.768. The molecule has 0 atom stereocenters. The van der Waals surface area contributed by atoms with Gasteiger partial charge in [-0.05, 0) is 36.4 Å². The Balaban J connectivity index is 2.40. The summed E-state index contributed by atoms with van der Waals surface area (Å²) >= 11 is 12.2. The van der Waals surface area contributed by atoms with Crippen LogP contribution in [0.15, 0.2) is 36.4 Å². The Labute approximate surface area is 120 Å². The lowest BCUT2D eigenvalue weighted by Crippen LogP contribution is -1.96. The van der Waals surface area contributed by atoms with Gasteiger partial charge >= 0.3 is 0 Å². The van der Waals surface area contributed by atoms with Crippen molar-refractivity contribution in [2.24, 2.45) is 0 Å². The molecule has 2 nitrogen and oxygen atoms in total. The highest BCUT2D eigenvalue weighted by atomic mass is 35.5. The maximum Gasteiger partial charge on any atom is 0.0640 e. The minimum atomic E-state index is 0.476. The van der Waals surface area contributed by atoms with E-state index >= 15 is 0 Å². The Kier molecular flexibility index (Phi) is 3.10. The molecule has 0 amide bonds. The van der Waals surface area contributed by atoms with Gasteiger partial charge in [0.2, 0.25) is 0 Å². The van der Waals surface area contributed by atoms with E-state index in [4.69, 9.17) is 28.5 Å². The molecule has 0 radical (unpaired) electrons. The fourth-order valence-corrected chi connectivity index (χ4v) is 2.80. The first kappa shape index (κ1) is 12.3. The molecule has 0 saturated carbocycles. The molecule has 0 N–H and O–H groups in total. The van der Waals surface area contributed by atoms with Crippen LogP contribution in [0.3, 0.4) is 0 Å². The minimum absolute atomic E-state index is 0.476. The SMILES string of the molecule is N#CCCn1c2ccc(Cl)cc2c2cc(Cl)ccc21. The molecule has 1 heterocycles. The van der Waals surface area contributed by atoms with Gasteiger partial charge in [-0.2, -0.15) is 5.26 Å². The summed E-state index contributed by atoms with van der Waals surface area (Å²) in [5.74, 6) is 0. The average molecular weight is 289 g/mol. The molecule has 4 heteroatoms. The molecule has 0 aliphatic carbocycles. The number of aryl methyl sites for hydroxylation is 1. The number of rotatable bonds is 2. The summed E-state index contributed by atoms with van der Waals surface area (Å²) in [6, 6.07) is 13.8. The van der Waals surface area contributed by atoms with Gasteiger partial charge in [-0.15, -0.1) is 0 Å². The van der Waals surface area contributed by atoms with Crippen molar-refractivity contribution in [1.29, 1.82) is 5.26 Å². The number of nitriles is 1. The Morgan fingerprint density at radius 1 is 0.947 bits per heavy atom. The molecule has 2 aromatic carbocycles. The van der Waals surface area contributed by atoms with Crippen LogP contribution in [0.25, 0.3) is 21.8 Å². The lowest BCUT2D eigenvalue weighted by Gasteiger charge is -2.04. The fourth-order valence-electron chi connectivity index (χ4n) is 2.45. The van der Waals surface area contributed by atoms with Crippen molar-refractivity contribution in [2.75, 3.05) is 0 Å². The molecule has 94 valence electrons. The molecular weight excluding hydrogens is 279 g/mol.